The zero-order chi connectivity index (χ0) is 24.1. The van der Waals surface area contributed by atoms with Crippen LogP contribution in [-0.4, -0.2) is 47.6 Å². The molecule has 0 aliphatic carbocycles. The summed E-state index contributed by atoms with van der Waals surface area (Å²) in [6.07, 6.45) is 0.639. The van der Waals surface area contributed by atoms with Gasteiger partial charge in [-0.05, 0) is 63.1 Å². The standard InChI is InChI=1S/C25H27BrClNO5/c1-4-32-20-11-8-17(14-19(20)27)23(29)21-22(16-6-9-18(26)10-7-16)28(25(31)24(21)30)12-5-13-33-15(2)3/h6-11,14-15,22,29H,4-5,12-13H2,1-3H3/t22-/m1/s1. The minimum absolute atomic E-state index is 0.0346. The van der Waals surface area contributed by atoms with Gasteiger partial charge in [-0.15, -0.1) is 0 Å². The Balaban J connectivity index is 2.03. The molecule has 33 heavy (non-hydrogen) atoms. The molecule has 6 nitrogen and oxygen atoms in total. The van der Waals surface area contributed by atoms with Gasteiger partial charge in [0.05, 0.1) is 29.3 Å². The highest BCUT2D eigenvalue weighted by Crippen LogP contribution is 2.40. The largest absolute Gasteiger partial charge is 0.507 e. The van der Waals surface area contributed by atoms with Crippen LogP contribution < -0.4 is 4.74 Å². The summed E-state index contributed by atoms with van der Waals surface area (Å²) in [7, 11) is 0. The summed E-state index contributed by atoms with van der Waals surface area (Å²) in [6.45, 7) is 6.95. The van der Waals surface area contributed by atoms with Crippen molar-refractivity contribution in [1.82, 2.24) is 4.90 Å². The maximum atomic E-state index is 13.1. The second kappa shape index (κ2) is 11.2. The SMILES string of the molecule is CCOc1ccc(C(O)=C2C(=O)C(=O)N(CCCOC(C)C)[C@@H]2c2ccc(Br)cc2)cc1Cl. The van der Waals surface area contributed by atoms with Gasteiger partial charge >= 0.3 is 0 Å². The van der Waals surface area contributed by atoms with Crippen LogP contribution in [0.3, 0.4) is 0 Å². The number of benzene rings is 2. The molecular weight excluding hydrogens is 510 g/mol. The molecule has 176 valence electrons. The molecule has 1 amide bonds. The minimum atomic E-state index is -0.727. The summed E-state index contributed by atoms with van der Waals surface area (Å²) in [5.41, 5.74) is 1.10. The Morgan fingerprint density at radius 1 is 1.18 bits per heavy atom. The molecule has 0 aromatic heterocycles. The molecule has 0 saturated carbocycles. The van der Waals surface area contributed by atoms with E-state index < -0.39 is 17.7 Å². The average Bonchev–Trinajstić information content (AvgIpc) is 3.03. The summed E-state index contributed by atoms with van der Waals surface area (Å²) >= 11 is 9.71. The van der Waals surface area contributed by atoms with Gasteiger partial charge in [0.15, 0.2) is 0 Å². The van der Waals surface area contributed by atoms with Gasteiger partial charge in [0, 0.05) is 23.2 Å². The van der Waals surface area contributed by atoms with Crippen LogP contribution >= 0.6 is 27.5 Å². The van der Waals surface area contributed by atoms with E-state index in [0.29, 0.717) is 42.5 Å². The zero-order valence-corrected chi connectivity index (χ0v) is 21.1. The molecule has 1 aliphatic heterocycles. The third-order valence-electron chi connectivity index (χ3n) is 5.23. The third kappa shape index (κ3) is 5.78. The van der Waals surface area contributed by atoms with E-state index in [1.807, 2.05) is 45.0 Å². The Morgan fingerprint density at radius 2 is 1.88 bits per heavy atom. The monoisotopic (exact) mass is 535 g/mol. The zero-order valence-electron chi connectivity index (χ0n) is 18.8. The highest BCUT2D eigenvalue weighted by atomic mass is 79.9. The van der Waals surface area contributed by atoms with Gasteiger partial charge in [-0.1, -0.05) is 39.7 Å². The first-order chi connectivity index (χ1) is 15.7. The fourth-order valence-electron chi connectivity index (χ4n) is 3.73. The molecule has 1 N–H and O–H groups in total. The van der Waals surface area contributed by atoms with Crippen molar-refractivity contribution in [3.05, 3.63) is 68.7 Å². The normalized spacial score (nSPS) is 17.8. The van der Waals surface area contributed by atoms with E-state index in [1.165, 1.54) is 11.0 Å². The minimum Gasteiger partial charge on any atom is -0.507 e. The predicted octanol–water partition coefficient (Wildman–Crippen LogP) is 5.74. The quantitative estimate of drug-likeness (QED) is 0.191. The summed E-state index contributed by atoms with van der Waals surface area (Å²) in [4.78, 5) is 27.5. The molecule has 1 atom stereocenters. The number of hydrogen-bond acceptors (Lipinski definition) is 5. The van der Waals surface area contributed by atoms with Gasteiger partial charge in [0.1, 0.15) is 11.5 Å². The highest BCUT2D eigenvalue weighted by molar-refractivity contribution is 9.10. The summed E-state index contributed by atoms with van der Waals surface area (Å²) < 4.78 is 11.9. The molecule has 2 aromatic carbocycles. The van der Waals surface area contributed by atoms with Crippen molar-refractivity contribution in [3.63, 3.8) is 0 Å². The number of likely N-dealkylation sites (tertiary alicyclic amines) is 1. The molecule has 0 unspecified atom stereocenters. The topological polar surface area (TPSA) is 76.1 Å². The summed E-state index contributed by atoms with van der Waals surface area (Å²) in [6, 6.07) is 11.4. The van der Waals surface area contributed by atoms with Gasteiger partial charge in [-0.3, -0.25) is 9.59 Å². The number of carbonyl (C=O) groups is 2. The average molecular weight is 537 g/mol. The van der Waals surface area contributed by atoms with Gasteiger partial charge in [-0.2, -0.15) is 0 Å². The van der Waals surface area contributed by atoms with Crippen LogP contribution in [0.2, 0.25) is 5.02 Å². The molecule has 1 aliphatic rings. The van der Waals surface area contributed by atoms with Crippen LogP contribution in [0, 0.1) is 0 Å². The number of Topliss-reactive ketones (excluding diaryl/α,β-unsaturated/α-hetero) is 1. The fraction of sp³-hybridized carbons (Fsp3) is 0.360. The van der Waals surface area contributed by atoms with Gasteiger partial charge in [0.2, 0.25) is 0 Å². The Kier molecular flexibility index (Phi) is 8.57. The van der Waals surface area contributed by atoms with E-state index in [-0.39, 0.29) is 17.4 Å². The van der Waals surface area contributed by atoms with Crippen LogP contribution in [-0.2, 0) is 14.3 Å². The molecule has 8 heteroatoms. The first-order valence-electron chi connectivity index (χ1n) is 10.8. The molecule has 1 fully saturated rings. The number of aliphatic hydroxyl groups is 1. The van der Waals surface area contributed by atoms with Crippen molar-refractivity contribution < 1.29 is 24.2 Å². The number of rotatable bonds is 9. The molecule has 0 bridgehead atoms. The molecular formula is C25H27BrClNO5. The van der Waals surface area contributed by atoms with E-state index in [1.54, 1.807) is 12.1 Å². The second-order valence-corrected chi connectivity index (χ2v) is 9.22. The van der Waals surface area contributed by atoms with E-state index >= 15 is 0 Å². The first-order valence-corrected chi connectivity index (χ1v) is 12.0. The van der Waals surface area contributed by atoms with Crippen molar-refractivity contribution >= 4 is 45.0 Å². The number of halogens is 2. The second-order valence-electron chi connectivity index (χ2n) is 7.90. The van der Waals surface area contributed by atoms with Gasteiger partial charge in [-0.25, -0.2) is 0 Å². The van der Waals surface area contributed by atoms with E-state index in [0.717, 1.165) is 10.0 Å². The number of amides is 1. The van der Waals surface area contributed by atoms with Crippen LogP contribution in [0.25, 0.3) is 5.76 Å². The lowest BCUT2D eigenvalue weighted by Crippen LogP contribution is -2.31. The van der Waals surface area contributed by atoms with Crippen molar-refractivity contribution in [1.29, 1.82) is 0 Å². The smallest absolute Gasteiger partial charge is 0.295 e. The third-order valence-corrected chi connectivity index (χ3v) is 6.05. The van der Waals surface area contributed by atoms with Crippen LogP contribution in [0.4, 0.5) is 0 Å². The van der Waals surface area contributed by atoms with Crippen LogP contribution in [0.15, 0.2) is 52.5 Å². The van der Waals surface area contributed by atoms with Crippen molar-refractivity contribution in [2.75, 3.05) is 19.8 Å². The maximum absolute atomic E-state index is 13.1. The van der Waals surface area contributed by atoms with Crippen LogP contribution in [0.5, 0.6) is 5.75 Å². The molecule has 1 heterocycles. The van der Waals surface area contributed by atoms with Gasteiger partial charge < -0.3 is 19.5 Å². The summed E-state index contributed by atoms with van der Waals surface area (Å²) in [5.74, 6) is -1.17. The van der Waals surface area contributed by atoms with Gasteiger partial charge in [0.25, 0.3) is 11.7 Å². The lowest BCUT2D eigenvalue weighted by molar-refractivity contribution is -0.140. The summed E-state index contributed by atoms with van der Waals surface area (Å²) in [5, 5.41) is 11.5. The molecule has 3 rings (SSSR count). The fourth-order valence-corrected chi connectivity index (χ4v) is 4.23. The Morgan fingerprint density at radius 3 is 2.48 bits per heavy atom. The number of hydrogen-bond donors (Lipinski definition) is 1. The Hall–Kier alpha value is -2.35. The first kappa shape index (κ1) is 25.3. The Bertz CT molecular complexity index is 1050. The molecule has 2 aromatic rings. The highest BCUT2D eigenvalue weighted by Gasteiger charge is 2.45. The number of ketones is 1. The van der Waals surface area contributed by atoms with E-state index in [9.17, 15) is 14.7 Å². The van der Waals surface area contributed by atoms with Crippen LogP contribution in [0.1, 0.15) is 44.4 Å². The predicted molar refractivity (Wildman–Crippen MR) is 131 cm³/mol. The van der Waals surface area contributed by atoms with Crippen molar-refractivity contribution in [2.24, 2.45) is 0 Å². The van der Waals surface area contributed by atoms with Crippen molar-refractivity contribution in [2.45, 2.75) is 39.3 Å². The molecule has 0 radical (unpaired) electrons. The lowest BCUT2D eigenvalue weighted by atomic mass is 9.95. The Labute approximate surface area is 207 Å². The number of ether oxygens (including phenoxy) is 2. The van der Waals surface area contributed by atoms with E-state index in [2.05, 4.69) is 15.9 Å². The van der Waals surface area contributed by atoms with Crippen molar-refractivity contribution in [3.8, 4) is 5.75 Å². The number of nitrogens with zero attached hydrogens (tertiary/aromatic N) is 1. The lowest BCUT2D eigenvalue weighted by Gasteiger charge is -2.25. The maximum Gasteiger partial charge on any atom is 0.295 e. The molecule has 1 saturated heterocycles. The number of carbonyl (C=O) groups excluding carboxylic acids is 2. The number of aliphatic hydroxyl groups excluding tert-OH is 1. The molecule has 0 spiro atoms. The van der Waals surface area contributed by atoms with E-state index in [4.69, 9.17) is 21.1 Å².